The van der Waals surface area contributed by atoms with Crippen molar-refractivity contribution < 1.29 is 29.5 Å². The molecule has 17 heterocycles. The SMILES string of the molecule is CN=CC(=CN)c1ccc2cnn(-c3ccnc(N4CCC(C)(O)C4)c3)c2c1.CN=CC(=CN)c1ccc2cnn(-c3ccnc(N4CCN(CCO)CC4)c3)c2c1.CN=CC(=CN)c1ccc2cnn(-c3ccnc(N4CCO[C@H](C)C4)c3)c2c1.CO[C@H]1CN(c2cc(-n3ncc4ccc(-c5cnn(C)c5)cc43)ccn2)C[C@@H]1O.C[C@H]1CN(c2cc(-n3ncc4ccc(-c5cnn(C)c5)cc43)ccn2)CCO1. The fraction of sp³-hybridized carbons (Fsp3) is 0.292. The van der Waals surface area contributed by atoms with Crippen molar-refractivity contribution in [2.75, 3.05) is 158 Å². The number of aliphatic hydroxyl groups is 3. The maximum absolute atomic E-state index is 10.3. The largest absolute Gasteiger partial charge is 0.404 e. The zero-order chi connectivity index (χ0) is 99.2. The number of hydrogen-bond donors (Lipinski definition) is 6. The van der Waals surface area contributed by atoms with E-state index in [4.69, 9.17) is 36.5 Å². The third kappa shape index (κ3) is 22.3. The van der Waals surface area contributed by atoms with Gasteiger partial charge in [-0.3, -0.25) is 29.2 Å². The quantitative estimate of drug-likeness (QED) is 0.0364. The zero-order valence-electron chi connectivity index (χ0n) is 81.6. The maximum atomic E-state index is 10.3. The number of hydrogen-bond acceptors (Lipinski definition) is 30. The maximum Gasteiger partial charge on any atom is 0.130 e. The molecule has 1 unspecified atom stereocenters. The van der Waals surface area contributed by atoms with Crippen LogP contribution in [0.25, 0.3) is 122 Å². The summed E-state index contributed by atoms with van der Waals surface area (Å²) in [6.45, 7) is 17.9. The number of benzene rings is 5. The highest BCUT2D eigenvalue weighted by molar-refractivity contribution is 6.12. The molecule has 5 saturated heterocycles. The Morgan fingerprint density at radius 2 is 0.762 bits per heavy atom. The molecule has 17 aromatic rings. The van der Waals surface area contributed by atoms with Gasteiger partial charge in [0.2, 0.25) is 0 Å². The Hall–Kier alpha value is -16.0. The van der Waals surface area contributed by atoms with Crippen molar-refractivity contribution in [3.63, 3.8) is 0 Å². The molecule has 143 heavy (non-hydrogen) atoms. The van der Waals surface area contributed by atoms with E-state index in [1.54, 1.807) is 82.6 Å². The van der Waals surface area contributed by atoms with E-state index in [0.717, 1.165) is 246 Å². The second-order valence-corrected chi connectivity index (χ2v) is 36.1. The molecule has 0 aliphatic carbocycles. The lowest BCUT2D eigenvalue weighted by Gasteiger charge is -2.35. The molecule has 0 bridgehead atoms. The standard InChI is InChI=1S/C22H27N7O.C21H22N6O2.C21H22N6O.2C21H24N6O/c1-24-15-19(14-23)17-2-3-18-16-26-29(21(18)12-17)20-4-5-25-22(13-20)28-8-6-27(7-9-28)10-11-30;1-25-11-16(10-23-25)14-3-4-15-9-24-27(18(15)7-14)17-5-6-22-21(8-17)26-12-19(28)20(13-26)29-2;1-15-13-26(7-8-28-15)21-10-19(5-6-22-21)27-20-9-16(3-4-17(20)11-24-27)18-12-23-25(2)14-18;1-21(28)6-8-26(14-21)20-10-18(5-7-24-20)27-19-9-15(17(11-22)12-23-2)3-4-16(19)13-25-27;1-15-14-26(7-8-28-15)21-10-19(5-6-24-21)27-20-9-16(18(11-22)12-23-2)3-4-17(20)13-25-27/h2-5,12-16,30H,6-11,23H2,1H3;3-11,19-20,28H,12-13H2,1-2H3;3-6,9-12,14-15H,7-8,13H2,1-2H3;3-5,7,9-13,28H,6,8,14,22H2,1-2H3;3-6,9-13,15H,7-8,14,22H2,1-2H3/t;19-,20-;15-;;15-/m.00.1/s1. The van der Waals surface area contributed by atoms with Crippen molar-refractivity contribution in [3.8, 4) is 50.7 Å². The summed E-state index contributed by atoms with van der Waals surface area (Å²) in [6.07, 6.45) is 36.6. The smallest absolute Gasteiger partial charge is 0.130 e. The summed E-state index contributed by atoms with van der Waals surface area (Å²) in [6, 6.07) is 51.1. The third-order valence-corrected chi connectivity index (χ3v) is 26.0. The first-order valence-electron chi connectivity index (χ1n) is 47.7. The van der Waals surface area contributed by atoms with E-state index < -0.39 is 11.7 Å². The van der Waals surface area contributed by atoms with Gasteiger partial charge in [-0.2, -0.15) is 35.7 Å². The number of aliphatic imine (C=N–C) groups is 3. The van der Waals surface area contributed by atoms with Crippen LogP contribution in [0, 0.1) is 0 Å². The minimum absolute atomic E-state index is 0.201. The predicted octanol–water partition coefficient (Wildman–Crippen LogP) is 11.6. The number of piperazine rings is 1. The average Bonchev–Trinajstić information content (AvgIpc) is 1.68. The molecule has 0 amide bonds. The van der Waals surface area contributed by atoms with Gasteiger partial charge in [0, 0.05) is 293 Å². The fourth-order valence-corrected chi connectivity index (χ4v) is 18.5. The second-order valence-electron chi connectivity index (χ2n) is 36.1. The molecule has 37 nitrogen and oxygen atoms in total. The van der Waals surface area contributed by atoms with Crippen LogP contribution in [0.4, 0.5) is 29.1 Å². The summed E-state index contributed by atoms with van der Waals surface area (Å²) in [5.74, 6) is 4.48. The first-order chi connectivity index (χ1) is 69.7. The number of ether oxygens (including phenoxy) is 3. The van der Waals surface area contributed by atoms with Crippen molar-refractivity contribution in [2.45, 2.75) is 57.2 Å². The van der Waals surface area contributed by atoms with E-state index in [1.807, 2.05) is 207 Å². The summed E-state index contributed by atoms with van der Waals surface area (Å²) in [7, 11) is 10.6. The number of methoxy groups -OCH3 is 1. The third-order valence-electron chi connectivity index (χ3n) is 26.0. The molecule has 9 N–H and O–H groups in total. The van der Waals surface area contributed by atoms with Crippen molar-refractivity contribution in [2.24, 2.45) is 46.3 Å². The molecule has 734 valence electrons. The van der Waals surface area contributed by atoms with Crippen LogP contribution in [-0.4, -0.2) is 295 Å². The molecule has 5 fully saturated rings. The van der Waals surface area contributed by atoms with Crippen LogP contribution in [0.15, 0.2) is 272 Å². The molecule has 37 heteroatoms. The van der Waals surface area contributed by atoms with Gasteiger partial charge in [-0.25, -0.2) is 48.3 Å². The first-order valence-corrected chi connectivity index (χ1v) is 47.7. The van der Waals surface area contributed by atoms with Crippen LogP contribution in [0.3, 0.4) is 0 Å². The summed E-state index contributed by atoms with van der Waals surface area (Å²) in [5, 5.41) is 66.4. The van der Waals surface area contributed by atoms with Gasteiger partial charge in [-0.05, 0) is 116 Å². The Balaban J connectivity index is 0.000000118. The highest BCUT2D eigenvalue weighted by atomic mass is 16.5. The lowest BCUT2D eigenvalue weighted by molar-refractivity contribution is 0.0217. The van der Waals surface area contributed by atoms with E-state index in [2.05, 4.69) is 187 Å². The molecule has 5 aliphatic heterocycles. The number of rotatable bonds is 21. The molecule has 5 aliphatic rings. The van der Waals surface area contributed by atoms with Gasteiger partial charge in [-0.15, -0.1) is 0 Å². The topological polar surface area (TPSA) is 412 Å². The Bertz CT molecular complexity index is 7350. The second kappa shape index (κ2) is 44.2. The van der Waals surface area contributed by atoms with Gasteiger partial charge in [0.15, 0.2) is 0 Å². The molecule has 5 atom stereocenters. The summed E-state index contributed by atoms with van der Waals surface area (Å²) in [5.41, 5.74) is 36.4. The zero-order valence-corrected chi connectivity index (χ0v) is 81.6. The van der Waals surface area contributed by atoms with Crippen LogP contribution < -0.4 is 41.7 Å². The Kier molecular flexibility index (Phi) is 30.0. The lowest BCUT2D eigenvalue weighted by atomic mass is 10.1. The number of aryl methyl sites for hydroxylation is 2. The summed E-state index contributed by atoms with van der Waals surface area (Å²) in [4.78, 5) is 48.1. The Labute approximate surface area is 827 Å². The normalized spacial score (nSPS) is 18.3. The number of fused-ring (bicyclic) bond motifs is 5. The number of morpholine rings is 2. The number of nitrogens with zero attached hydrogens (tertiary/aromatic N) is 28. The van der Waals surface area contributed by atoms with Gasteiger partial charge in [-0.1, -0.05) is 60.7 Å². The van der Waals surface area contributed by atoms with Crippen LogP contribution >= 0.6 is 0 Å². The average molecular weight is 1920 g/mol. The van der Waals surface area contributed by atoms with Crippen molar-refractivity contribution in [1.82, 2.24) is 98.3 Å². The molecule has 12 aromatic heterocycles. The van der Waals surface area contributed by atoms with E-state index in [0.29, 0.717) is 26.2 Å². The first kappa shape index (κ1) is 97.2. The monoisotopic (exact) mass is 1920 g/mol. The van der Waals surface area contributed by atoms with Gasteiger partial charge < -0.3 is 71.2 Å². The van der Waals surface area contributed by atoms with E-state index in [9.17, 15) is 10.2 Å². The number of nitrogens with two attached hydrogens (primary N) is 3. The van der Waals surface area contributed by atoms with E-state index >= 15 is 0 Å². The molecule has 22 rings (SSSR count). The van der Waals surface area contributed by atoms with Crippen LogP contribution in [0.2, 0.25) is 0 Å². The highest BCUT2D eigenvalue weighted by Gasteiger charge is 2.34. The van der Waals surface area contributed by atoms with Gasteiger partial charge in [0.1, 0.15) is 35.2 Å². The molecular formula is C106H119N31O6. The number of aromatic nitrogens is 19. The summed E-state index contributed by atoms with van der Waals surface area (Å²) >= 11 is 0. The predicted molar refractivity (Wildman–Crippen MR) is 566 cm³/mol. The number of pyridine rings is 5. The molecule has 0 radical (unpaired) electrons. The van der Waals surface area contributed by atoms with Gasteiger partial charge >= 0.3 is 0 Å². The highest BCUT2D eigenvalue weighted by Crippen LogP contribution is 2.35. The molecule has 0 spiro atoms. The minimum atomic E-state index is -0.670. The number of allylic oxidation sites excluding steroid dienone is 3. The number of anilines is 5. The number of β-amino-alcohol motifs (C(OH)–C–C–N with tert-alkyl or cyclic N) is 3. The van der Waals surface area contributed by atoms with Crippen molar-refractivity contribution in [3.05, 3.63) is 274 Å². The molecule has 5 aromatic carbocycles. The van der Waals surface area contributed by atoms with E-state index in [-0.39, 0.29) is 24.9 Å². The van der Waals surface area contributed by atoms with E-state index in [1.165, 1.54) is 0 Å². The van der Waals surface area contributed by atoms with Gasteiger partial charge in [0.25, 0.3) is 0 Å². The van der Waals surface area contributed by atoms with Crippen LogP contribution in [-0.2, 0) is 28.3 Å². The van der Waals surface area contributed by atoms with Crippen molar-refractivity contribution >= 4 is 119 Å². The van der Waals surface area contributed by atoms with Crippen LogP contribution in [0.5, 0.6) is 0 Å². The summed E-state index contributed by atoms with van der Waals surface area (Å²) < 4.78 is 29.9. The lowest BCUT2D eigenvalue weighted by Crippen LogP contribution is -2.47. The Morgan fingerprint density at radius 3 is 1.08 bits per heavy atom. The Morgan fingerprint density at radius 1 is 0.413 bits per heavy atom. The molecular weight excluding hydrogens is 1800 g/mol. The molecule has 0 saturated carbocycles. The van der Waals surface area contributed by atoms with Crippen molar-refractivity contribution in [1.29, 1.82) is 0 Å². The fourth-order valence-electron chi connectivity index (χ4n) is 18.5. The number of aliphatic hydroxyl groups excluding tert-OH is 2. The van der Waals surface area contributed by atoms with Gasteiger partial charge in [0.05, 0.1) is 143 Å². The van der Waals surface area contributed by atoms with Crippen LogP contribution in [0.1, 0.15) is 43.9 Å². The minimum Gasteiger partial charge on any atom is -0.404 e.